The first-order valence-electron chi connectivity index (χ1n) is 3.43. The molecule has 0 spiro atoms. The lowest BCUT2D eigenvalue weighted by atomic mass is 10.1. The number of thioether (sulfide) groups is 1. The second-order valence-corrected chi connectivity index (χ2v) is 4.77. The first kappa shape index (κ1) is 10.4. The normalized spacial score (nSPS) is 15.2. The zero-order valence-corrected chi connectivity index (χ0v) is 8.56. The Kier molecular flexibility index (Phi) is 3.23. The molecule has 72 valence electrons. The summed E-state index contributed by atoms with van der Waals surface area (Å²) in [6.07, 6.45) is 0. The van der Waals surface area contributed by atoms with Crippen molar-refractivity contribution in [2.45, 2.75) is 16.8 Å². The molecule has 0 aromatic carbocycles. The molecule has 1 atom stereocenters. The van der Waals surface area contributed by atoms with Crippen molar-refractivity contribution in [2.24, 2.45) is 5.73 Å². The van der Waals surface area contributed by atoms with Crippen LogP contribution in [0.25, 0.3) is 0 Å². The van der Waals surface area contributed by atoms with Gasteiger partial charge in [0.25, 0.3) is 0 Å². The fourth-order valence-electron chi connectivity index (χ4n) is 0.499. The highest BCUT2D eigenvalue weighted by Gasteiger charge is 2.28. The van der Waals surface area contributed by atoms with Crippen LogP contribution in [0.2, 0.25) is 0 Å². The molecule has 1 aromatic heterocycles. The van der Waals surface area contributed by atoms with Gasteiger partial charge in [-0.1, -0.05) is 23.1 Å². The lowest BCUT2D eigenvalue weighted by Crippen LogP contribution is -2.47. The highest BCUT2D eigenvalue weighted by molar-refractivity contribution is 8.01. The summed E-state index contributed by atoms with van der Waals surface area (Å²) in [4.78, 5) is 10.6. The van der Waals surface area contributed by atoms with Gasteiger partial charge in [0.2, 0.25) is 0 Å². The van der Waals surface area contributed by atoms with Crippen molar-refractivity contribution in [3.05, 3.63) is 5.51 Å². The summed E-state index contributed by atoms with van der Waals surface area (Å²) in [6, 6.07) is 0. The summed E-state index contributed by atoms with van der Waals surface area (Å²) in [5, 5.41) is 16.1. The van der Waals surface area contributed by atoms with E-state index < -0.39 is 11.5 Å². The molecule has 7 heteroatoms. The Bertz CT molecular complexity index is 286. The molecular formula is C6H9N3O2S2. The van der Waals surface area contributed by atoms with Crippen LogP contribution in [0.4, 0.5) is 0 Å². The van der Waals surface area contributed by atoms with E-state index in [1.165, 1.54) is 30.0 Å². The number of carboxylic acid groups (broad SMARTS) is 1. The smallest absolute Gasteiger partial charge is 0.324 e. The Morgan fingerprint density at radius 1 is 1.92 bits per heavy atom. The second kappa shape index (κ2) is 4.03. The number of nitrogens with two attached hydrogens (primary N) is 1. The molecule has 13 heavy (non-hydrogen) atoms. The fraction of sp³-hybridized carbons (Fsp3) is 0.500. The predicted molar refractivity (Wildman–Crippen MR) is 50.9 cm³/mol. The zero-order valence-electron chi connectivity index (χ0n) is 6.93. The van der Waals surface area contributed by atoms with Gasteiger partial charge in [-0.25, -0.2) is 0 Å². The fourth-order valence-corrected chi connectivity index (χ4v) is 2.01. The van der Waals surface area contributed by atoms with Crippen molar-refractivity contribution in [1.82, 2.24) is 10.2 Å². The average Bonchev–Trinajstić information content (AvgIpc) is 2.52. The summed E-state index contributed by atoms with van der Waals surface area (Å²) in [5.74, 6) is -0.720. The largest absolute Gasteiger partial charge is 0.480 e. The standard InChI is InChI=1S/C6H9N3O2S2/c1-6(7,4(10)11)2-12-5-9-8-3-13-5/h3H,2,7H2,1H3,(H,10,11). The van der Waals surface area contributed by atoms with Crippen molar-refractivity contribution >= 4 is 29.1 Å². The molecule has 0 aliphatic carbocycles. The van der Waals surface area contributed by atoms with Crippen LogP contribution >= 0.6 is 23.1 Å². The molecule has 1 unspecified atom stereocenters. The Morgan fingerprint density at radius 3 is 3.08 bits per heavy atom. The van der Waals surface area contributed by atoms with E-state index >= 15 is 0 Å². The van der Waals surface area contributed by atoms with Crippen LogP contribution in [0.5, 0.6) is 0 Å². The molecule has 0 saturated heterocycles. The topological polar surface area (TPSA) is 89.1 Å². The Morgan fingerprint density at radius 2 is 2.62 bits per heavy atom. The monoisotopic (exact) mass is 219 g/mol. The van der Waals surface area contributed by atoms with E-state index in [1.54, 1.807) is 5.51 Å². The summed E-state index contributed by atoms with van der Waals surface area (Å²) in [7, 11) is 0. The minimum absolute atomic E-state index is 0.289. The summed E-state index contributed by atoms with van der Waals surface area (Å²) in [5.41, 5.74) is 5.89. The molecular weight excluding hydrogens is 210 g/mol. The molecule has 1 rings (SSSR count). The van der Waals surface area contributed by atoms with Crippen LogP contribution in [-0.4, -0.2) is 32.6 Å². The highest BCUT2D eigenvalue weighted by atomic mass is 32.2. The number of hydrogen-bond acceptors (Lipinski definition) is 6. The summed E-state index contributed by atoms with van der Waals surface area (Å²) in [6.45, 7) is 1.48. The first-order valence-corrected chi connectivity index (χ1v) is 5.30. The molecule has 0 aliphatic heterocycles. The number of aromatic nitrogens is 2. The maximum Gasteiger partial charge on any atom is 0.324 e. The van der Waals surface area contributed by atoms with Crippen LogP contribution in [0.3, 0.4) is 0 Å². The summed E-state index contributed by atoms with van der Waals surface area (Å²) < 4.78 is 0.734. The van der Waals surface area contributed by atoms with Gasteiger partial charge in [-0.3, -0.25) is 4.79 Å². The zero-order chi connectivity index (χ0) is 9.90. The Balaban J connectivity index is 2.47. The quantitative estimate of drug-likeness (QED) is 0.714. The molecule has 0 amide bonds. The lowest BCUT2D eigenvalue weighted by molar-refractivity contribution is -0.141. The van der Waals surface area contributed by atoms with Gasteiger partial charge in [-0.15, -0.1) is 10.2 Å². The second-order valence-electron chi connectivity index (χ2n) is 2.72. The molecule has 1 heterocycles. The average molecular weight is 219 g/mol. The third-order valence-electron chi connectivity index (χ3n) is 1.32. The van der Waals surface area contributed by atoms with Gasteiger partial charge in [0.15, 0.2) is 4.34 Å². The van der Waals surface area contributed by atoms with E-state index in [0.29, 0.717) is 0 Å². The van der Waals surface area contributed by atoms with Crippen LogP contribution in [0.1, 0.15) is 6.92 Å². The van der Waals surface area contributed by atoms with Crippen molar-refractivity contribution in [1.29, 1.82) is 0 Å². The maximum absolute atomic E-state index is 10.6. The predicted octanol–water partition coefficient (Wildman–Crippen LogP) is 0.432. The van der Waals surface area contributed by atoms with Gasteiger partial charge >= 0.3 is 5.97 Å². The highest BCUT2D eigenvalue weighted by Crippen LogP contribution is 2.22. The van der Waals surface area contributed by atoms with Gasteiger partial charge < -0.3 is 10.8 Å². The van der Waals surface area contributed by atoms with Gasteiger partial charge in [0, 0.05) is 5.75 Å². The number of hydrogen-bond donors (Lipinski definition) is 2. The third kappa shape index (κ3) is 2.94. The molecule has 1 aromatic rings. The van der Waals surface area contributed by atoms with Gasteiger partial charge in [-0.05, 0) is 6.92 Å². The Hall–Kier alpha value is -0.660. The number of nitrogens with zero attached hydrogens (tertiary/aromatic N) is 2. The third-order valence-corrected chi connectivity index (χ3v) is 3.52. The van der Waals surface area contributed by atoms with E-state index in [-0.39, 0.29) is 5.75 Å². The minimum Gasteiger partial charge on any atom is -0.480 e. The molecule has 5 nitrogen and oxygen atoms in total. The van der Waals surface area contributed by atoms with Crippen molar-refractivity contribution in [3.63, 3.8) is 0 Å². The minimum atomic E-state index is -1.21. The molecule has 0 fully saturated rings. The number of carboxylic acids is 1. The SMILES string of the molecule is CC(N)(CSc1nncs1)C(=O)O. The maximum atomic E-state index is 10.6. The van der Waals surface area contributed by atoms with Crippen LogP contribution < -0.4 is 5.73 Å². The van der Waals surface area contributed by atoms with E-state index in [2.05, 4.69) is 10.2 Å². The summed E-state index contributed by atoms with van der Waals surface area (Å²) >= 11 is 2.67. The number of rotatable bonds is 4. The first-order chi connectivity index (χ1) is 6.02. The molecule has 0 saturated carbocycles. The van der Waals surface area contributed by atoms with Crippen molar-refractivity contribution in [2.75, 3.05) is 5.75 Å². The molecule has 0 bridgehead atoms. The van der Waals surface area contributed by atoms with E-state index in [1.807, 2.05) is 0 Å². The molecule has 0 radical (unpaired) electrons. The van der Waals surface area contributed by atoms with Crippen LogP contribution in [0, 0.1) is 0 Å². The van der Waals surface area contributed by atoms with Crippen LogP contribution in [0.15, 0.2) is 9.85 Å². The number of carbonyl (C=O) groups is 1. The molecule has 0 aliphatic rings. The van der Waals surface area contributed by atoms with Crippen molar-refractivity contribution in [3.8, 4) is 0 Å². The Labute approximate surface area is 83.4 Å². The van der Waals surface area contributed by atoms with Gasteiger partial charge in [0.05, 0.1) is 0 Å². The number of aliphatic carboxylic acids is 1. The van der Waals surface area contributed by atoms with Crippen LogP contribution in [-0.2, 0) is 4.79 Å². The van der Waals surface area contributed by atoms with E-state index in [9.17, 15) is 4.79 Å². The van der Waals surface area contributed by atoms with Gasteiger partial charge in [0.1, 0.15) is 11.0 Å². The van der Waals surface area contributed by atoms with Crippen molar-refractivity contribution < 1.29 is 9.90 Å². The lowest BCUT2D eigenvalue weighted by Gasteiger charge is -2.16. The van der Waals surface area contributed by atoms with E-state index in [0.717, 1.165) is 4.34 Å². The molecule has 3 N–H and O–H groups in total. The van der Waals surface area contributed by atoms with E-state index in [4.69, 9.17) is 10.8 Å². The van der Waals surface area contributed by atoms with Gasteiger partial charge in [-0.2, -0.15) is 0 Å².